The monoisotopic (exact) mass is 243 g/mol. The molecule has 0 N–H and O–H groups in total. The van der Waals surface area contributed by atoms with Crippen molar-refractivity contribution in [2.24, 2.45) is 0 Å². The van der Waals surface area contributed by atoms with E-state index >= 15 is 0 Å². The molecule has 0 heterocycles. The Morgan fingerprint density at radius 2 is 2.31 bits per heavy atom. The predicted octanol–water partition coefficient (Wildman–Crippen LogP) is 2.83. The number of halogens is 1. The van der Waals surface area contributed by atoms with Crippen molar-refractivity contribution >= 4 is 15.9 Å². The van der Waals surface area contributed by atoms with Crippen LogP contribution in [0.25, 0.3) is 0 Å². The number of nitrogens with zero attached hydrogens (tertiary/aromatic N) is 1. The van der Waals surface area contributed by atoms with Crippen molar-refractivity contribution in [3.63, 3.8) is 0 Å². The van der Waals surface area contributed by atoms with Gasteiger partial charge in [0.05, 0.1) is 0 Å². The van der Waals surface area contributed by atoms with Crippen molar-refractivity contribution in [2.75, 3.05) is 6.54 Å². The van der Waals surface area contributed by atoms with Crippen LogP contribution in [-0.4, -0.2) is 11.5 Å². The predicted molar refractivity (Wildman–Crippen MR) is 54.4 cm³/mol. The Labute approximate surface area is 85.0 Å². The average Bonchev–Trinajstić information content (AvgIpc) is 2.03. The summed E-state index contributed by atoms with van der Waals surface area (Å²) in [7, 11) is 0. The average molecular weight is 244 g/mol. The molecule has 0 aliphatic carbocycles. The summed E-state index contributed by atoms with van der Waals surface area (Å²) < 4.78 is 0.959. The van der Waals surface area contributed by atoms with Crippen molar-refractivity contribution in [3.05, 3.63) is 44.4 Å². The zero-order valence-corrected chi connectivity index (χ0v) is 8.82. The number of benzene rings is 1. The van der Waals surface area contributed by atoms with Gasteiger partial charge in [0.1, 0.15) is 0 Å². The van der Waals surface area contributed by atoms with Crippen LogP contribution in [0.5, 0.6) is 0 Å². The lowest BCUT2D eigenvalue weighted by atomic mass is 10.0. The Morgan fingerprint density at radius 1 is 1.62 bits per heavy atom. The van der Waals surface area contributed by atoms with Crippen LogP contribution in [-0.2, 0) is 0 Å². The quantitative estimate of drug-likeness (QED) is 0.606. The molecule has 13 heavy (non-hydrogen) atoms. The van der Waals surface area contributed by atoms with Gasteiger partial charge in [-0.05, 0) is 17.7 Å². The molecule has 0 radical (unpaired) electrons. The van der Waals surface area contributed by atoms with E-state index in [1.165, 1.54) is 0 Å². The maximum absolute atomic E-state index is 10.3. The van der Waals surface area contributed by atoms with Crippen molar-refractivity contribution in [1.29, 1.82) is 0 Å². The molecule has 0 unspecified atom stereocenters. The largest absolute Gasteiger partial charge is 0.265 e. The first kappa shape index (κ1) is 10.2. The van der Waals surface area contributed by atoms with E-state index in [4.69, 9.17) is 0 Å². The Hall–Kier alpha value is -0.900. The molecule has 0 saturated heterocycles. The number of hydrogen-bond acceptors (Lipinski definition) is 2. The van der Waals surface area contributed by atoms with Crippen molar-refractivity contribution < 1.29 is 4.92 Å². The van der Waals surface area contributed by atoms with Crippen molar-refractivity contribution in [1.82, 2.24) is 0 Å². The second-order valence-electron chi connectivity index (χ2n) is 2.97. The third-order valence-electron chi connectivity index (χ3n) is 1.84. The highest BCUT2D eigenvalue weighted by Gasteiger charge is 2.11. The molecular formula is C9H10BrNO2. The van der Waals surface area contributed by atoms with E-state index in [1.807, 2.05) is 31.2 Å². The van der Waals surface area contributed by atoms with Crippen LogP contribution in [0.1, 0.15) is 18.4 Å². The first-order valence-electron chi connectivity index (χ1n) is 3.97. The maximum atomic E-state index is 10.3. The van der Waals surface area contributed by atoms with E-state index in [0.29, 0.717) is 0 Å². The second-order valence-corrected chi connectivity index (χ2v) is 3.89. The van der Waals surface area contributed by atoms with E-state index in [-0.39, 0.29) is 17.4 Å². The van der Waals surface area contributed by atoms with E-state index in [9.17, 15) is 10.1 Å². The Balaban J connectivity index is 2.76. The molecule has 0 aromatic heterocycles. The first-order chi connectivity index (χ1) is 6.09. The molecular weight excluding hydrogens is 234 g/mol. The summed E-state index contributed by atoms with van der Waals surface area (Å²) in [5.41, 5.74) is 0.992. The summed E-state index contributed by atoms with van der Waals surface area (Å²) in [6, 6.07) is 7.60. The van der Waals surface area contributed by atoms with Gasteiger partial charge in [0.2, 0.25) is 6.54 Å². The molecule has 0 bridgehead atoms. The molecule has 1 aromatic carbocycles. The molecule has 70 valence electrons. The summed E-state index contributed by atoms with van der Waals surface area (Å²) in [5, 5.41) is 10.3. The van der Waals surface area contributed by atoms with Crippen molar-refractivity contribution in [2.45, 2.75) is 12.8 Å². The summed E-state index contributed by atoms with van der Waals surface area (Å²) in [6.07, 6.45) is 0. The fourth-order valence-electron chi connectivity index (χ4n) is 1.14. The van der Waals surface area contributed by atoms with Crippen molar-refractivity contribution in [3.8, 4) is 0 Å². The van der Waals surface area contributed by atoms with Crippen LogP contribution in [0, 0.1) is 10.1 Å². The van der Waals surface area contributed by atoms with Crippen LogP contribution in [0.15, 0.2) is 28.7 Å². The lowest BCUT2D eigenvalue weighted by molar-refractivity contribution is -0.482. The van der Waals surface area contributed by atoms with E-state index in [2.05, 4.69) is 15.9 Å². The topological polar surface area (TPSA) is 43.1 Å². The molecule has 0 saturated carbocycles. The van der Waals surface area contributed by atoms with E-state index < -0.39 is 0 Å². The molecule has 0 fully saturated rings. The fraction of sp³-hybridized carbons (Fsp3) is 0.333. The Morgan fingerprint density at radius 3 is 2.85 bits per heavy atom. The molecule has 3 nitrogen and oxygen atoms in total. The fourth-order valence-corrected chi connectivity index (χ4v) is 1.56. The van der Waals surface area contributed by atoms with Crippen LogP contribution in [0.3, 0.4) is 0 Å². The van der Waals surface area contributed by atoms with Crippen LogP contribution >= 0.6 is 15.9 Å². The third-order valence-corrected chi connectivity index (χ3v) is 2.33. The Bertz CT molecular complexity index is 314. The maximum Gasteiger partial charge on any atom is 0.210 e. The van der Waals surface area contributed by atoms with Gasteiger partial charge in [-0.2, -0.15) is 0 Å². The zero-order chi connectivity index (χ0) is 9.84. The minimum Gasteiger partial charge on any atom is -0.265 e. The van der Waals surface area contributed by atoms with Crippen LogP contribution < -0.4 is 0 Å². The number of nitro groups is 1. The summed E-state index contributed by atoms with van der Waals surface area (Å²) in [6.45, 7) is 1.83. The van der Waals surface area contributed by atoms with Gasteiger partial charge in [-0.15, -0.1) is 0 Å². The van der Waals surface area contributed by atoms with Crippen LogP contribution in [0.4, 0.5) is 0 Å². The normalized spacial score (nSPS) is 12.5. The van der Waals surface area contributed by atoms with E-state index in [1.54, 1.807) is 0 Å². The van der Waals surface area contributed by atoms with Gasteiger partial charge in [0.15, 0.2) is 0 Å². The minimum absolute atomic E-state index is 0.0174. The zero-order valence-electron chi connectivity index (χ0n) is 7.24. The molecule has 0 spiro atoms. The third kappa shape index (κ3) is 3.14. The highest BCUT2D eigenvalue weighted by molar-refractivity contribution is 9.10. The molecule has 1 atom stereocenters. The smallest absolute Gasteiger partial charge is 0.210 e. The number of rotatable bonds is 3. The molecule has 0 aliphatic heterocycles. The molecule has 4 heteroatoms. The summed E-state index contributed by atoms with van der Waals surface area (Å²) in [4.78, 5) is 9.98. The first-order valence-corrected chi connectivity index (χ1v) is 4.76. The highest BCUT2D eigenvalue weighted by atomic mass is 79.9. The molecule has 0 amide bonds. The van der Waals surface area contributed by atoms with E-state index in [0.717, 1.165) is 10.0 Å². The lowest BCUT2D eigenvalue weighted by Gasteiger charge is -2.06. The minimum atomic E-state index is -0.286. The second kappa shape index (κ2) is 4.37. The Kier molecular flexibility index (Phi) is 3.42. The highest BCUT2D eigenvalue weighted by Crippen LogP contribution is 2.19. The van der Waals surface area contributed by atoms with Crippen LogP contribution in [0.2, 0.25) is 0 Å². The lowest BCUT2D eigenvalue weighted by Crippen LogP contribution is -2.09. The van der Waals surface area contributed by atoms with Gasteiger partial charge < -0.3 is 0 Å². The SMILES string of the molecule is C[C@@H](C[N+](=O)[O-])c1cccc(Br)c1. The number of hydrogen-bond donors (Lipinski definition) is 0. The molecule has 1 rings (SSSR count). The van der Waals surface area contributed by atoms with Gasteiger partial charge >= 0.3 is 0 Å². The van der Waals surface area contributed by atoms with Gasteiger partial charge in [-0.25, -0.2) is 0 Å². The molecule has 1 aromatic rings. The standard InChI is InChI=1S/C9H10BrNO2/c1-7(6-11(12)13)8-3-2-4-9(10)5-8/h2-5,7H,6H2,1H3/t7-/m0/s1. The molecule has 0 aliphatic rings. The summed E-state index contributed by atoms with van der Waals surface area (Å²) >= 11 is 3.33. The van der Waals surface area contributed by atoms with Gasteiger partial charge in [-0.3, -0.25) is 10.1 Å². The summed E-state index contributed by atoms with van der Waals surface area (Å²) in [5.74, 6) is -0.0347. The van der Waals surface area contributed by atoms with Gasteiger partial charge in [0.25, 0.3) is 0 Å². The van der Waals surface area contributed by atoms with Gasteiger partial charge in [-0.1, -0.05) is 35.0 Å². The van der Waals surface area contributed by atoms with Gasteiger partial charge in [0, 0.05) is 15.3 Å².